The van der Waals surface area contributed by atoms with E-state index in [1.807, 2.05) is 39.8 Å². The highest BCUT2D eigenvalue weighted by Gasteiger charge is 2.12. The molecule has 0 amide bonds. The summed E-state index contributed by atoms with van der Waals surface area (Å²) in [5, 5.41) is 0.269. The Kier molecular flexibility index (Phi) is 4.00. The van der Waals surface area contributed by atoms with Gasteiger partial charge in [-0.15, -0.1) is 0 Å². The first kappa shape index (κ1) is 13.7. The third-order valence-corrected chi connectivity index (χ3v) is 3.09. The smallest absolute Gasteiger partial charge is 0.257 e. The topological polar surface area (TPSA) is 47.9 Å². The molecule has 0 saturated heterocycles. The van der Waals surface area contributed by atoms with E-state index in [1.54, 1.807) is 0 Å². The number of ether oxygens (including phenoxy) is 1. The number of aryl methyl sites for hydroxylation is 4. The normalized spacial score (nSPS) is 10.6. The second kappa shape index (κ2) is 5.53. The number of rotatable bonds is 3. The first-order valence-electron chi connectivity index (χ1n) is 6.16. The minimum Gasteiger partial charge on any atom is -0.434 e. The van der Waals surface area contributed by atoms with Crippen molar-refractivity contribution in [2.45, 2.75) is 34.1 Å². The van der Waals surface area contributed by atoms with Gasteiger partial charge in [-0.05, 0) is 39.3 Å². The van der Waals surface area contributed by atoms with E-state index in [0.717, 1.165) is 29.2 Å². The molecule has 0 saturated carbocycles. The van der Waals surface area contributed by atoms with E-state index in [2.05, 4.69) is 15.0 Å². The first-order chi connectivity index (χ1) is 9.01. The molecule has 0 atom stereocenters. The summed E-state index contributed by atoms with van der Waals surface area (Å²) in [7, 11) is 0. The predicted octanol–water partition coefficient (Wildman–Crippen LogP) is 3.80. The minimum absolute atomic E-state index is 0.269. The van der Waals surface area contributed by atoms with Gasteiger partial charge >= 0.3 is 0 Å². The highest BCUT2D eigenvalue weighted by Crippen LogP contribution is 2.28. The average Bonchev–Trinajstić information content (AvgIpc) is 2.37. The number of hydrogen-bond acceptors (Lipinski definition) is 4. The maximum atomic E-state index is 6.06. The van der Waals surface area contributed by atoms with Crippen molar-refractivity contribution >= 4 is 11.6 Å². The van der Waals surface area contributed by atoms with Crippen LogP contribution in [0.5, 0.6) is 11.6 Å². The Balaban J connectivity index is 2.39. The van der Waals surface area contributed by atoms with Crippen molar-refractivity contribution in [1.82, 2.24) is 15.0 Å². The molecule has 0 spiro atoms. The standard InChI is InChI=1S/C14H16ClN3O/c1-5-11-12(7-6-8(2)16-11)19-14-13(15)17-9(3)10(4)18-14/h6-7H,5H2,1-4H3. The monoisotopic (exact) mass is 277 g/mol. The number of halogens is 1. The summed E-state index contributed by atoms with van der Waals surface area (Å²) in [6.45, 7) is 7.72. The van der Waals surface area contributed by atoms with E-state index in [1.165, 1.54) is 0 Å². The molecule has 0 N–H and O–H groups in total. The zero-order chi connectivity index (χ0) is 14.0. The summed E-state index contributed by atoms with van der Waals surface area (Å²) >= 11 is 6.06. The van der Waals surface area contributed by atoms with Gasteiger partial charge in [-0.2, -0.15) is 0 Å². The van der Waals surface area contributed by atoms with E-state index in [9.17, 15) is 0 Å². The van der Waals surface area contributed by atoms with Gasteiger partial charge in [0.25, 0.3) is 5.88 Å². The number of nitrogens with zero attached hydrogens (tertiary/aromatic N) is 3. The lowest BCUT2D eigenvalue weighted by Crippen LogP contribution is -2.00. The minimum atomic E-state index is 0.269. The van der Waals surface area contributed by atoms with Crippen LogP contribution in [0.3, 0.4) is 0 Å². The van der Waals surface area contributed by atoms with Crippen LogP contribution in [-0.2, 0) is 6.42 Å². The van der Waals surface area contributed by atoms with Gasteiger partial charge in [-0.3, -0.25) is 4.98 Å². The third-order valence-electron chi connectivity index (χ3n) is 2.85. The number of hydrogen-bond donors (Lipinski definition) is 0. The van der Waals surface area contributed by atoms with E-state index >= 15 is 0 Å². The maximum Gasteiger partial charge on any atom is 0.257 e. The summed E-state index contributed by atoms with van der Waals surface area (Å²) in [5.41, 5.74) is 3.45. The molecule has 2 aromatic heterocycles. The van der Waals surface area contributed by atoms with Crippen molar-refractivity contribution in [3.05, 3.63) is 40.1 Å². The van der Waals surface area contributed by atoms with Crippen LogP contribution >= 0.6 is 11.6 Å². The van der Waals surface area contributed by atoms with E-state index in [0.29, 0.717) is 11.6 Å². The largest absolute Gasteiger partial charge is 0.434 e. The van der Waals surface area contributed by atoms with Gasteiger partial charge in [0.1, 0.15) is 0 Å². The van der Waals surface area contributed by atoms with Crippen LogP contribution in [0, 0.1) is 20.8 Å². The van der Waals surface area contributed by atoms with Crippen molar-refractivity contribution in [3.63, 3.8) is 0 Å². The molecule has 5 heteroatoms. The Hall–Kier alpha value is -1.68. The van der Waals surface area contributed by atoms with Gasteiger partial charge in [0.05, 0.1) is 17.1 Å². The van der Waals surface area contributed by atoms with E-state index in [-0.39, 0.29) is 5.15 Å². The maximum absolute atomic E-state index is 6.06. The molecule has 0 radical (unpaired) electrons. The molecule has 2 aromatic rings. The summed E-state index contributed by atoms with van der Waals surface area (Å²) < 4.78 is 5.75. The molecule has 19 heavy (non-hydrogen) atoms. The van der Waals surface area contributed by atoms with Crippen LogP contribution in [0.1, 0.15) is 29.7 Å². The van der Waals surface area contributed by atoms with Crippen LogP contribution in [0.4, 0.5) is 0 Å². The quantitative estimate of drug-likeness (QED) is 0.856. The molecular weight excluding hydrogens is 262 g/mol. The van der Waals surface area contributed by atoms with Gasteiger partial charge in [-0.1, -0.05) is 18.5 Å². The molecular formula is C14H16ClN3O. The molecule has 0 aromatic carbocycles. The Labute approximate surface area is 117 Å². The Morgan fingerprint density at radius 3 is 2.42 bits per heavy atom. The lowest BCUT2D eigenvalue weighted by Gasteiger charge is -2.11. The van der Waals surface area contributed by atoms with Crippen LogP contribution in [0.15, 0.2) is 12.1 Å². The lowest BCUT2D eigenvalue weighted by atomic mass is 10.2. The fourth-order valence-electron chi connectivity index (χ4n) is 1.67. The Bertz CT molecular complexity index is 614. The first-order valence-corrected chi connectivity index (χ1v) is 6.54. The fraction of sp³-hybridized carbons (Fsp3) is 0.357. The molecule has 0 unspecified atom stereocenters. The van der Waals surface area contributed by atoms with Gasteiger partial charge < -0.3 is 4.74 Å². The molecule has 2 rings (SSSR count). The Morgan fingerprint density at radius 1 is 1.05 bits per heavy atom. The van der Waals surface area contributed by atoms with Crippen molar-refractivity contribution in [3.8, 4) is 11.6 Å². The fourth-order valence-corrected chi connectivity index (χ4v) is 1.88. The van der Waals surface area contributed by atoms with Gasteiger partial charge in [0, 0.05) is 5.69 Å². The molecule has 0 aliphatic heterocycles. The molecule has 100 valence electrons. The van der Waals surface area contributed by atoms with Gasteiger partial charge in [-0.25, -0.2) is 9.97 Å². The van der Waals surface area contributed by atoms with Crippen LogP contribution in [-0.4, -0.2) is 15.0 Å². The van der Waals surface area contributed by atoms with Crippen molar-refractivity contribution < 1.29 is 4.74 Å². The van der Waals surface area contributed by atoms with Gasteiger partial charge in [0.2, 0.25) is 0 Å². The zero-order valence-corrected chi connectivity index (χ0v) is 12.2. The molecule has 0 bridgehead atoms. The highest BCUT2D eigenvalue weighted by molar-refractivity contribution is 6.30. The molecule has 0 fully saturated rings. The summed E-state index contributed by atoms with van der Waals surface area (Å²) in [4.78, 5) is 13.0. The summed E-state index contributed by atoms with van der Waals surface area (Å²) in [6, 6.07) is 3.78. The SMILES string of the molecule is CCc1nc(C)ccc1Oc1nc(C)c(C)nc1Cl. The van der Waals surface area contributed by atoms with E-state index in [4.69, 9.17) is 16.3 Å². The van der Waals surface area contributed by atoms with Gasteiger partial charge in [0.15, 0.2) is 10.9 Å². The summed E-state index contributed by atoms with van der Waals surface area (Å²) in [6.07, 6.45) is 0.785. The number of aromatic nitrogens is 3. The molecule has 0 aliphatic carbocycles. The van der Waals surface area contributed by atoms with Crippen LogP contribution in [0.2, 0.25) is 5.15 Å². The van der Waals surface area contributed by atoms with Crippen LogP contribution in [0.25, 0.3) is 0 Å². The van der Waals surface area contributed by atoms with Crippen molar-refractivity contribution in [2.75, 3.05) is 0 Å². The second-order valence-electron chi connectivity index (χ2n) is 4.34. The molecule has 4 nitrogen and oxygen atoms in total. The summed E-state index contributed by atoms with van der Waals surface area (Å²) in [5.74, 6) is 0.998. The highest BCUT2D eigenvalue weighted by atomic mass is 35.5. The van der Waals surface area contributed by atoms with Crippen molar-refractivity contribution in [1.29, 1.82) is 0 Å². The molecule has 0 aliphatic rings. The second-order valence-corrected chi connectivity index (χ2v) is 4.70. The van der Waals surface area contributed by atoms with E-state index < -0.39 is 0 Å². The van der Waals surface area contributed by atoms with Crippen LogP contribution < -0.4 is 4.74 Å². The molecule has 2 heterocycles. The zero-order valence-electron chi connectivity index (χ0n) is 11.5. The predicted molar refractivity (Wildman–Crippen MR) is 74.9 cm³/mol. The third kappa shape index (κ3) is 3.01. The Morgan fingerprint density at radius 2 is 1.74 bits per heavy atom. The lowest BCUT2D eigenvalue weighted by molar-refractivity contribution is 0.449. The number of pyridine rings is 1. The average molecular weight is 278 g/mol. The van der Waals surface area contributed by atoms with Crippen molar-refractivity contribution in [2.24, 2.45) is 0 Å².